The summed E-state index contributed by atoms with van der Waals surface area (Å²) in [6.07, 6.45) is 3.13. The Morgan fingerprint density at radius 1 is 1.07 bits per heavy atom. The van der Waals surface area contributed by atoms with Crippen molar-refractivity contribution in [1.29, 1.82) is 0 Å². The number of benzene rings is 2. The van der Waals surface area contributed by atoms with Crippen molar-refractivity contribution in [1.82, 2.24) is 15.1 Å². The van der Waals surface area contributed by atoms with Gasteiger partial charge in [-0.15, -0.1) is 0 Å². The molecule has 0 atom stereocenters. The Morgan fingerprint density at radius 3 is 2.59 bits per heavy atom. The Hall–Kier alpha value is -3.52. The van der Waals surface area contributed by atoms with Crippen molar-refractivity contribution in [2.75, 3.05) is 5.32 Å². The van der Waals surface area contributed by atoms with Crippen molar-refractivity contribution in [2.45, 2.75) is 6.61 Å². The molecule has 1 amide bonds. The van der Waals surface area contributed by atoms with Crippen molar-refractivity contribution in [3.8, 4) is 17.1 Å². The lowest BCUT2D eigenvalue weighted by atomic mass is 10.2. The van der Waals surface area contributed by atoms with Crippen LogP contribution in [0.2, 0.25) is 0 Å². The van der Waals surface area contributed by atoms with Gasteiger partial charge in [0, 0.05) is 28.1 Å². The molecule has 2 aromatic carbocycles. The van der Waals surface area contributed by atoms with E-state index < -0.39 is 0 Å². The van der Waals surface area contributed by atoms with E-state index in [1.165, 1.54) is 6.20 Å². The minimum Gasteiger partial charge on any atom is -0.484 e. The van der Waals surface area contributed by atoms with Gasteiger partial charge in [-0.1, -0.05) is 21.1 Å². The molecule has 29 heavy (non-hydrogen) atoms. The molecule has 0 aliphatic rings. The van der Waals surface area contributed by atoms with E-state index in [-0.39, 0.29) is 12.5 Å². The van der Waals surface area contributed by atoms with Crippen LogP contribution in [0.15, 0.2) is 82.1 Å². The number of hydrogen-bond donors (Lipinski definition) is 1. The molecule has 0 spiro atoms. The maximum atomic E-state index is 12.2. The van der Waals surface area contributed by atoms with E-state index in [1.807, 2.05) is 36.4 Å². The first-order valence-corrected chi connectivity index (χ1v) is 9.49. The molecule has 2 aromatic heterocycles. The minimum absolute atomic E-state index is 0.174. The Morgan fingerprint density at radius 2 is 1.86 bits per heavy atom. The fourth-order valence-corrected chi connectivity index (χ4v) is 2.77. The summed E-state index contributed by atoms with van der Waals surface area (Å²) in [5, 5.41) is 6.80. The molecule has 0 fully saturated rings. The van der Waals surface area contributed by atoms with E-state index in [4.69, 9.17) is 9.26 Å². The SMILES string of the molecule is O=C(Nc1ccc(-c2noc(COc3ccc(Br)cc3)n2)cc1)c1cccnc1. The molecule has 0 aliphatic heterocycles. The second-order valence-electron chi connectivity index (χ2n) is 6.03. The molecule has 144 valence electrons. The van der Waals surface area contributed by atoms with Crippen molar-refractivity contribution in [2.24, 2.45) is 0 Å². The zero-order chi connectivity index (χ0) is 20.1. The Bertz CT molecular complexity index is 1100. The Labute approximate surface area is 174 Å². The third-order valence-corrected chi connectivity index (χ3v) is 4.50. The first-order chi connectivity index (χ1) is 14.2. The molecule has 1 N–H and O–H groups in total. The molecule has 0 unspecified atom stereocenters. The molecule has 0 radical (unpaired) electrons. The standard InChI is InChI=1S/C21H15BrN4O3/c22-16-5-9-18(10-6-16)28-13-19-25-20(26-29-19)14-3-7-17(8-4-14)24-21(27)15-2-1-11-23-12-15/h1-12H,13H2,(H,24,27). The Balaban J connectivity index is 1.38. The summed E-state index contributed by atoms with van der Waals surface area (Å²) in [6.45, 7) is 0.174. The number of carbonyl (C=O) groups excluding carboxylic acids is 1. The van der Waals surface area contributed by atoms with Crippen LogP contribution in [0.1, 0.15) is 16.2 Å². The highest BCUT2D eigenvalue weighted by molar-refractivity contribution is 9.10. The van der Waals surface area contributed by atoms with Gasteiger partial charge in [-0.05, 0) is 60.7 Å². The molecule has 2 heterocycles. The number of halogens is 1. The van der Waals surface area contributed by atoms with E-state index in [0.29, 0.717) is 28.7 Å². The molecule has 4 aromatic rings. The molecule has 4 rings (SSSR count). The summed E-state index contributed by atoms with van der Waals surface area (Å²) < 4.78 is 11.9. The van der Waals surface area contributed by atoms with Gasteiger partial charge in [0.2, 0.25) is 5.82 Å². The molecular weight excluding hydrogens is 436 g/mol. The highest BCUT2D eigenvalue weighted by Gasteiger charge is 2.10. The number of hydrogen-bond acceptors (Lipinski definition) is 6. The van der Waals surface area contributed by atoms with Crippen LogP contribution in [0.4, 0.5) is 5.69 Å². The number of amides is 1. The maximum Gasteiger partial charge on any atom is 0.264 e. The average Bonchev–Trinajstić information content (AvgIpc) is 3.23. The number of pyridine rings is 1. The predicted octanol–water partition coefficient (Wildman–Crippen LogP) is 4.73. The fourth-order valence-electron chi connectivity index (χ4n) is 2.51. The van der Waals surface area contributed by atoms with E-state index in [9.17, 15) is 4.79 Å². The number of nitrogens with one attached hydrogen (secondary N) is 1. The van der Waals surface area contributed by atoms with Crippen LogP contribution < -0.4 is 10.1 Å². The number of nitrogens with zero attached hydrogens (tertiary/aromatic N) is 3. The molecule has 0 saturated heterocycles. The van der Waals surface area contributed by atoms with Crippen LogP contribution in [0.5, 0.6) is 5.75 Å². The van der Waals surface area contributed by atoms with Crippen LogP contribution in [0.25, 0.3) is 11.4 Å². The Kier molecular flexibility index (Phi) is 5.62. The number of anilines is 1. The zero-order valence-corrected chi connectivity index (χ0v) is 16.7. The summed E-state index contributed by atoms with van der Waals surface area (Å²) in [4.78, 5) is 20.5. The second kappa shape index (κ2) is 8.66. The monoisotopic (exact) mass is 450 g/mol. The molecular formula is C21H15BrN4O3. The van der Waals surface area contributed by atoms with Crippen molar-refractivity contribution < 1.29 is 14.1 Å². The maximum absolute atomic E-state index is 12.2. The van der Waals surface area contributed by atoms with Crippen LogP contribution in [-0.2, 0) is 6.61 Å². The van der Waals surface area contributed by atoms with E-state index in [0.717, 1.165) is 10.0 Å². The topological polar surface area (TPSA) is 90.1 Å². The van der Waals surface area contributed by atoms with Gasteiger partial charge >= 0.3 is 0 Å². The van der Waals surface area contributed by atoms with Gasteiger partial charge < -0.3 is 14.6 Å². The quantitative estimate of drug-likeness (QED) is 0.456. The average molecular weight is 451 g/mol. The summed E-state index contributed by atoms with van der Waals surface area (Å²) in [5.74, 6) is 1.31. The third kappa shape index (κ3) is 4.85. The van der Waals surface area contributed by atoms with Crippen molar-refractivity contribution >= 4 is 27.5 Å². The summed E-state index contributed by atoms with van der Waals surface area (Å²) in [7, 11) is 0. The van der Waals surface area contributed by atoms with Gasteiger partial charge in [0.15, 0.2) is 6.61 Å². The molecule has 0 bridgehead atoms. The predicted molar refractivity (Wildman–Crippen MR) is 110 cm³/mol. The highest BCUT2D eigenvalue weighted by Crippen LogP contribution is 2.21. The minimum atomic E-state index is -0.224. The van der Waals surface area contributed by atoms with Crippen molar-refractivity contribution in [3.05, 3.63) is 89.0 Å². The number of carbonyl (C=O) groups is 1. The van der Waals surface area contributed by atoms with Gasteiger partial charge in [-0.3, -0.25) is 9.78 Å². The smallest absolute Gasteiger partial charge is 0.264 e. The largest absolute Gasteiger partial charge is 0.484 e. The van der Waals surface area contributed by atoms with E-state index in [1.54, 1.807) is 30.5 Å². The van der Waals surface area contributed by atoms with E-state index in [2.05, 4.69) is 36.4 Å². The van der Waals surface area contributed by atoms with Crippen LogP contribution in [0, 0.1) is 0 Å². The van der Waals surface area contributed by atoms with Crippen molar-refractivity contribution in [3.63, 3.8) is 0 Å². The van der Waals surface area contributed by atoms with Crippen LogP contribution in [-0.4, -0.2) is 21.0 Å². The third-order valence-electron chi connectivity index (χ3n) is 3.97. The highest BCUT2D eigenvalue weighted by atomic mass is 79.9. The lowest BCUT2D eigenvalue weighted by Crippen LogP contribution is -2.11. The first-order valence-electron chi connectivity index (χ1n) is 8.70. The summed E-state index contributed by atoms with van der Waals surface area (Å²) >= 11 is 3.38. The molecule has 8 heteroatoms. The molecule has 0 aliphatic carbocycles. The lowest BCUT2D eigenvalue weighted by Gasteiger charge is -2.05. The first kappa shape index (κ1) is 18.8. The van der Waals surface area contributed by atoms with Gasteiger partial charge in [-0.2, -0.15) is 4.98 Å². The number of aromatic nitrogens is 3. The summed E-state index contributed by atoms with van der Waals surface area (Å²) in [5.41, 5.74) is 1.91. The summed E-state index contributed by atoms with van der Waals surface area (Å²) in [6, 6.07) is 18.1. The lowest BCUT2D eigenvalue weighted by molar-refractivity contribution is 0.102. The second-order valence-corrected chi connectivity index (χ2v) is 6.94. The van der Waals surface area contributed by atoms with Gasteiger partial charge in [0.05, 0.1) is 5.56 Å². The van der Waals surface area contributed by atoms with Crippen LogP contribution >= 0.6 is 15.9 Å². The molecule has 7 nitrogen and oxygen atoms in total. The molecule has 0 saturated carbocycles. The fraction of sp³-hybridized carbons (Fsp3) is 0.0476. The van der Waals surface area contributed by atoms with Gasteiger partial charge in [0.25, 0.3) is 11.8 Å². The van der Waals surface area contributed by atoms with E-state index >= 15 is 0 Å². The normalized spacial score (nSPS) is 10.5. The van der Waals surface area contributed by atoms with Crippen LogP contribution in [0.3, 0.4) is 0 Å². The van der Waals surface area contributed by atoms with Gasteiger partial charge in [-0.25, -0.2) is 0 Å². The number of ether oxygens (including phenoxy) is 1. The number of rotatable bonds is 6. The zero-order valence-electron chi connectivity index (χ0n) is 15.1. The van der Waals surface area contributed by atoms with Gasteiger partial charge in [0.1, 0.15) is 5.75 Å².